The van der Waals surface area contributed by atoms with Crippen LogP contribution in [0.15, 0.2) is 48.5 Å². The third-order valence-electron chi connectivity index (χ3n) is 2.42. The summed E-state index contributed by atoms with van der Waals surface area (Å²) >= 11 is 6.04. The Bertz CT molecular complexity index is 483. The molecular weight excluding hydrogens is 236 g/mol. The highest BCUT2D eigenvalue weighted by Crippen LogP contribution is 2.26. The second-order valence-electron chi connectivity index (χ2n) is 3.70. The largest absolute Gasteiger partial charge is 0.487 e. The van der Waals surface area contributed by atoms with Crippen LogP contribution in [-0.2, 0) is 13.2 Å². The minimum absolute atomic E-state index is 0.0152. The Labute approximate surface area is 105 Å². The summed E-state index contributed by atoms with van der Waals surface area (Å²) in [4.78, 5) is 0. The molecule has 0 amide bonds. The van der Waals surface area contributed by atoms with Crippen molar-refractivity contribution in [1.29, 1.82) is 0 Å². The topological polar surface area (TPSA) is 29.5 Å². The molecule has 0 bridgehead atoms. The van der Waals surface area contributed by atoms with Crippen molar-refractivity contribution in [3.8, 4) is 5.75 Å². The van der Waals surface area contributed by atoms with Gasteiger partial charge in [-0.25, -0.2) is 0 Å². The molecule has 0 radical (unpaired) electrons. The highest BCUT2D eigenvalue weighted by Gasteiger charge is 2.03. The molecule has 0 fully saturated rings. The first-order chi connectivity index (χ1) is 8.29. The first kappa shape index (κ1) is 12.0. The summed E-state index contributed by atoms with van der Waals surface area (Å²) in [6.45, 7) is 0.470. The van der Waals surface area contributed by atoms with Crippen LogP contribution in [0.1, 0.15) is 11.1 Å². The number of hydrogen-bond donors (Lipinski definition) is 1. The van der Waals surface area contributed by atoms with Crippen LogP contribution in [0, 0.1) is 0 Å². The highest BCUT2D eigenvalue weighted by molar-refractivity contribution is 6.32. The van der Waals surface area contributed by atoms with Gasteiger partial charge in [-0.1, -0.05) is 48.0 Å². The van der Waals surface area contributed by atoms with Gasteiger partial charge in [0.25, 0.3) is 0 Å². The molecule has 2 aromatic carbocycles. The number of aliphatic hydroxyl groups is 1. The molecule has 2 nitrogen and oxygen atoms in total. The van der Waals surface area contributed by atoms with Crippen molar-refractivity contribution in [2.24, 2.45) is 0 Å². The summed E-state index contributed by atoms with van der Waals surface area (Å²) in [5.41, 5.74) is 1.87. The monoisotopic (exact) mass is 248 g/mol. The van der Waals surface area contributed by atoms with Gasteiger partial charge in [-0.05, 0) is 23.3 Å². The number of rotatable bonds is 4. The fourth-order valence-corrected chi connectivity index (χ4v) is 1.75. The van der Waals surface area contributed by atoms with E-state index in [4.69, 9.17) is 21.4 Å². The van der Waals surface area contributed by atoms with Crippen LogP contribution in [0.5, 0.6) is 5.75 Å². The lowest BCUT2D eigenvalue weighted by Crippen LogP contribution is -1.96. The van der Waals surface area contributed by atoms with Crippen LogP contribution in [0.2, 0.25) is 5.02 Å². The third-order valence-corrected chi connectivity index (χ3v) is 2.71. The maximum absolute atomic E-state index is 8.96. The van der Waals surface area contributed by atoms with Gasteiger partial charge < -0.3 is 9.84 Å². The Hall–Kier alpha value is -1.51. The Kier molecular flexibility index (Phi) is 4.02. The van der Waals surface area contributed by atoms with E-state index in [1.165, 1.54) is 0 Å². The van der Waals surface area contributed by atoms with Crippen molar-refractivity contribution in [2.45, 2.75) is 13.2 Å². The molecule has 3 heteroatoms. The molecule has 2 rings (SSSR count). The third kappa shape index (κ3) is 3.22. The molecular formula is C14H13ClO2. The molecule has 0 aliphatic carbocycles. The SMILES string of the molecule is OCc1ccc(OCc2ccccc2)c(Cl)c1. The van der Waals surface area contributed by atoms with Crippen LogP contribution in [-0.4, -0.2) is 5.11 Å². The maximum atomic E-state index is 8.96. The van der Waals surface area contributed by atoms with E-state index in [1.807, 2.05) is 30.3 Å². The summed E-state index contributed by atoms with van der Waals surface area (Å²) in [5.74, 6) is 0.632. The molecule has 0 spiro atoms. The molecule has 0 aromatic heterocycles. The van der Waals surface area contributed by atoms with E-state index in [0.717, 1.165) is 11.1 Å². The van der Waals surface area contributed by atoms with Crippen LogP contribution in [0.25, 0.3) is 0 Å². The average molecular weight is 249 g/mol. The Morgan fingerprint density at radius 3 is 2.41 bits per heavy atom. The van der Waals surface area contributed by atoms with Gasteiger partial charge in [0, 0.05) is 0 Å². The lowest BCUT2D eigenvalue weighted by molar-refractivity contribution is 0.281. The van der Waals surface area contributed by atoms with E-state index >= 15 is 0 Å². The Balaban J connectivity index is 2.04. The molecule has 0 heterocycles. The van der Waals surface area contributed by atoms with E-state index in [9.17, 15) is 0 Å². The number of halogens is 1. The zero-order chi connectivity index (χ0) is 12.1. The lowest BCUT2D eigenvalue weighted by Gasteiger charge is -2.08. The van der Waals surface area contributed by atoms with Gasteiger partial charge >= 0.3 is 0 Å². The first-order valence-electron chi connectivity index (χ1n) is 5.35. The Morgan fingerprint density at radius 1 is 1.00 bits per heavy atom. The average Bonchev–Trinajstić information content (AvgIpc) is 2.38. The van der Waals surface area contributed by atoms with Gasteiger partial charge in [0.2, 0.25) is 0 Å². The zero-order valence-electron chi connectivity index (χ0n) is 9.27. The molecule has 88 valence electrons. The van der Waals surface area contributed by atoms with Crippen LogP contribution in [0.3, 0.4) is 0 Å². The molecule has 1 N–H and O–H groups in total. The van der Waals surface area contributed by atoms with E-state index in [1.54, 1.807) is 18.2 Å². The van der Waals surface area contributed by atoms with Crippen molar-refractivity contribution in [3.05, 3.63) is 64.7 Å². The second-order valence-corrected chi connectivity index (χ2v) is 4.10. The minimum Gasteiger partial charge on any atom is -0.487 e. The zero-order valence-corrected chi connectivity index (χ0v) is 10.0. The van der Waals surface area contributed by atoms with Gasteiger partial charge in [-0.2, -0.15) is 0 Å². The normalized spacial score (nSPS) is 10.2. The van der Waals surface area contributed by atoms with Crippen molar-refractivity contribution in [1.82, 2.24) is 0 Å². The quantitative estimate of drug-likeness (QED) is 0.899. The van der Waals surface area contributed by atoms with Gasteiger partial charge in [0.05, 0.1) is 11.6 Å². The summed E-state index contributed by atoms with van der Waals surface area (Å²) in [6, 6.07) is 15.2. The minimum atomic E-state index is -0.0152. The molecule has 0 saturated heterocycles. The van der Waals surface area contributed by atoms with Gasteiger partial charge in [-0.3, -0.25) is 0 Å². The molecule has 2 aromatic rings. The predicted octanol–water partition coefficient (Wildman–Crippen LogP) is 3.41. The number of benzene rings is 2. The number of hydrogen-bond acceptors (Lipinski definition) is 2. The van der Waals surface area contributed by atoms with E-state index < -0.39 is 0 Å². The van der Waals surface area contributed by atoms with E-state index in [2.05, 4.69) is 0 Å². The molecule has 0 saturated carbocycles. The summed E-state index contributed by atoms with van der Waals surface area (Å²) in [6.07, 6.45) is 0. The summed E-state index contributed by atoms with van der Waals surface area (Å²) in [7, 11) is 0. The molecule has 0 unspecified atom stereocenters. The summed E-state index contributed by atoms with van der Waals surface area (Å²) in [5, 5.41) is 9.48. The van der Waals surface area contributed by atoms with Crippen molar-refractivity contribution in [3.63, 3.8) is 0 Å². The van der Waals surface area contributed by atoms with E-state index in [0.29, 0.717) is 17.4 Å². The standard InChI is InChI=1S/C14H13ClO2/c15-13-8-12(9-16)6-7-14(13)17-10-11-4-2-1-3-5-11/h1-8,16H,9-10H2. The van der Waals surface area contributed by atoms with Crippen molar-refractivity contribution < 1.29 is 9.84 Å². The van der Waals surface area contributed by atoms with Gasteiger partial charge in [0.1, 0.15) is 12.4 Å². The van der Waals surface area contributed by atoms with E-state index in [-0.39, 0.29) is 6.61 Å². The fraction of sp³-hybridized carbons (Fsp3) is 0.143. The Morgan fingerprint density at radius 2 is 1.76 bits per heavy atom. The van der Waals surface area contributed by atoms with Crippen LogP contribution < -0.4 is 4.74 Å². The van der Waals surface area contributed by atoms with Crippen molar-refractivity contribution in [2.75, 3.05) is 0 Å². The molecule has 0 aliphatic rings. The number of aliphatic hydroxyl groups excluding tert-OH is 1. The maximum Gasteiger partial charge on any atom is 0.138 e. The van der Waals surface area contributed by atoms with Crippen LogP contribution in [0.4, 0.5) is 0 Å². The summed E-state index contributed by atoms with van der Waals surface area (Å²) < 4.78 is 5.61. The van der Waals surface area contributed by atoms with Gasteiger partial charge in [-0.15, -0.1) is 0 Å². The molecule has 17 heavy (non-hydrogen) atoms. The second kappa shape index (κ2) is 5.71. The van der Waals surface area contributed by atoms with Gasteiger partial charge in [0.15, 0.2) is 0 Å². The molecule has 0 aliphatic heterocycles. The highest BCUT2D eigenvalue weighted by atomic mass is 35.5. The first-order valence-corrected chi connectivity index (χ1v) is 5.73. The predicted molar refractivity (Wildman–Crippen MR) is 68.1 cm³/mol. The molecule has 0 atom stereocenters. The van der Waals surface area contributed by atoms with Crippen LogP contribution >= 0.6 is 11.6 Å². The number of ether oxygens (including phenoxy) is 1. The lowest BCUT2D eigenvalue weighted by atomic mass is 10.2. The smallest absolute Gasteiger partial charge is 0.138 e. The van der Waals surface area contributed by atoms with Crippen molar-refractivity contribution >= 4 is 11.6 Å². The fourth-order valence-electron chi connectivity index (χ4n) is 1.50.